The molecule has 0 aliphatic heterocycles. The second-order valence-corrected chi connectivity index (χ2v) is 6.82. The number of aliphatic hydroxyl groups excluding tert-OH is 1. The van der Waals surface area contributed by atoms with Crippen molar-refractivity contribution in [1.82, 2.24) is 15.0 Å². The van der Waals surface area contributed by atoms with Crippen molar-refractivity contribution >= 4 is 39.0 Å². The Labute approximate surface area is 154 Å². The Morgan fingerprint density at radius 3 is 2.85 bits per heavy atom. The van der Waals surface area contributed by atoms with Gasteiger partial charge in [0, 0.05) is 24.7 Å². The van der Waals surface area contributed by atoms with Crippen LogP contribution in [0.4, 0.5) is 11.6 Å². The largest absolute Gasteiger partial charge is 0.495 e. The van der Waals surface area contributed by atoms with Crippen LogP contribution in [0, 0.1) is 0 Å². The van der Waals surface area contributed by atoms with E-state index in [1.165, 1.54) is 18.3 Å². The molecule has 0 aliphatic rings. The predicted octanol–water partition coefficient (Wildman–Crippen LogP) is 2.34. The molecular weight excluding hydrogens is 354 g/mol. The molecular formula is C17H19N5O3S. The number of carbonyl (C=O) groups is 1. The number of nitrogens with two attached hydrogens (primary N) is 1. The van der Waals surface area contributed by atoms with E-state index in [0.717, 1.165) is 0 Å². The van der Waals surface area contributed by atoms with E-state index in [2.05, 4.69) is 20.3 Å². The molecule has 0 aromatic carbocycles. The molecule has 9 heteroatoms. The van der Waals surface area contributed by atoms with Crippen LogP contribution in [0.25, 0.3) is 21.5 Å². The Balaban J connectivity index is 2.27. The predicted molar refractivity (Wildman–Crippen MR) is 102 cm³/mol. The van der Waals surface area contributed by atoms with Crippen molar-refractivity contribution in [3.8, 4) is 17.0 Å². The van der Waals surface area contributed by atoms with Gasteiger partial charge in [0.25, 0.3) is 0 Å². The number of hydrogen-bond acceptors (Lipinski definition) is 9. The summed E-state index contributed by atoms with van der Waals surface area (Å²) in [7, 11) is 1.55. The molecule has 0 saturated carbocycles. The summed E-state index contributed by atoms with van der Waals surface area (Å²) in [4.78, 5) is 26.1. The van der Waals surface area contributed by atoms with Gasteiger partial charge in [0.2, 0.25) is 5.95 Å². The first-order chi connectivity index (χ1) is 12.4. The summed E-state index contributed by atoms with van der Waals surface area (Å²) < 4.78 is 5.24. The number of methoxy groups -OCH3 is 1. The maximum atomic E-state index is 11.9. The number of pyridine rings is 1. The molecule has 0 radical (unpaired) electrons. The zero-order valence-electron chi connectivity index (χ0n) is 14.6. The lowest BCUT2D eigenvalue weighted by Crippen LogP contribution is -2.21. The number of carbonyl (C=O) groups excluding carboxylic acids is 1. The first-order valence-corrected chi connectivity index (χ1v) is 8.74. The number of nitrogens with zero attached hydrogens (tertiary/aromatic N) is 3. The third kappa shape index (κ3) is 3.31. The van der Waals surface area contributed by atoms with Gasteiger partial charge in [-0.3, -0.25) is 9.78 Å². The van der Waals surface area contributed by atoms with Crippen LogP contribution < -0.4 is 15.8 Å². The number of Topliss-reactive ketones (excluding diaryl/α,β-unsaturated/α-hetero) is 1. The minimum atomic E-state index is -0.228. The van der Waals surface area contributed by atoms with E-state index in [0.29, 0.717) is 43.7 Å². The average Bonchev–Trinajstić information content (AvgIpc) is 2.98. The SMILES string of the molecule is COc1cncc(-c2nc(N[C@@H](C)CO)nc3sc(C(C)=O)c(N)c23)c1. The fourth-order valence-corrected chi connectivity index (χ4v) is 3.47. The Bertz CT molecular complexity index is 972. The van der Waals surface area contributed by atoms with Gasteiger partial charge in [-0.05, 0) is 13.0 Å². The molecule has 4 N–H and O–H groups in total. The van der Waals surface area contributed by atoms with Gasteiger partial charge in [0.05, 0.1) is 41.6 Å². The Morgan fingerprint density at radius 2 is 2.19 bits per heavy atom. The molecule has 0 spiro atoms. The first-order valence-electron chi connectivity index (χ1n) is 7.92. The number of nitrogens with one attached hydrogen (secondary N) is 1. The maximum absolute atomic E-state index is 11.9. The van der Waals surface area contributed by atoms with E-state index < -0.39 is 0 Å². The lowest BCUT2D eigenvalue weighted by molar-refractivity contribution is 0.102. The van der Waals surface area contributed by atoms with Gasteiger partial charge in [0.1, 0.15) is 10.6 Å². The van der Waals surface area contributed by atoms with Crippen molar-refractivity contribution in [3.05, 3.63) is 23.3 Å². The molecule has 26 heavy (non-hydrogen) atoms. The number of fused-ring (bicyclic) bond motifs is 1. The van der Waals surface area contributed by atoms with Gasteiger partial charge < -0.3 is 20.9 Å². The molecule has 3 aromatic heterocycles. The zero-order valence-corrected chi connectivity index (χ0v) is 15.4. The minimum absolute atomic E-state index is 0.0667. The van der Waals surface area contributed by atoms with E-state index in [-0.39, 0.29) is 18.4 Å². The van der Waals surface area contributed by atoms with Crippen LogP contribution in [0.5, 0.6) is 5.75 Å². The van der Waals surface area contributed by atoms with Gasteiger partial charge >= 0.3 is 0 Å². The van der Waals surface area contributed by atoms with Gasteiger partial charge in [0.15, 0.2) is 5.78 Å². The number of rotatable bonds is 6. The van der Waals surface area contributed by atoms with E-state index >= 15 is 0 Å². The van der Waals surface area contributed by atoms with Crippen molar-refractivity contribution in [1.29, 1.82) is 0 Å². The first kappa shape index (κ1) is 18.0. The molecule has 0 bridgehead atoms. The van der Waals surface area contributed by atoms with Crippen molar-refractivity contribution in [2.45, 2.75) is 19.9 Å². The van der Waals surface area contributed by atoms with Gasteiger partial charge in [-0.2, -0.15) is 0 Å². The van der Waals surface area contributed by atoms with E-state index in [1.54, 1.807) is 25.6 Å². The van der Waals surface area contributed by atoms with Crippen LogP contribution in [0.1, 0.15) is 23.5 Å². The number of hydrogen-bond donors (Lipinski definition) is 3. The fraction of sp³-hybridized carbons (Fsp3) is 0.294. The summed E-state index contributed by atoms with van der Waals surface area (Å²) >= 11 is 1.22. The van der Waals surface area contributed by atoms with Crippen LogP contribution in [0.15, 0.2) is 18.5 Å². The van der Waals surface area contributed by atoms with E-state index in [9.17, 15) is 9.90 Å². The zero-order chi connectivity index (χ0) is 18.8. The molecule has 0 amide bonds. The number of thiophene rings is 1. The highest BCUT2D eigenvalue weighted by molar-refractivity contribution is 7.21. The van der Waals surface area contributed by atoms with Crippen LogP contribution in [0.2, 0.25) is 0 Å². The van der Waals surface area contributed by atoms with Crippen molar-refractivity contribution < 1.29 is 14.6 Å². The monoisotopic (exact) mass is 373 g/mol. The van der Waals surface area contributed by atoms with Gasteiger partial charge in [-0.1, -0.05) is 0 Å². The van der Waals surface area contributed by atoms with Crippen LogP contribution in [0.3, 0.4) is 0 Å². The van der Waals surface area contributed by atoms with Gasteiger partial charge in [-0.15, -0.1) is 11.3 Å². The normalized spacial score (nSPS) is 12.2. The summed E-state index contributed by atoms with van der Waals surface area (Å²) in [6, 6.07) is 1.56. The highest BCUT2D eigenvalue weighted by atomic mass is 32.1. The summed E-state index contributed by atoms with van der Waals surface area (Å²) in [6.07, 6.45) is 3.24. The summed E-state index contributed by atoms with van der Waals surface area (Å²) in [5, 5.41) is 12.9. The lowest BCUT2D eigenvalue weighted by atomic mass is 10.1. The number of ketones is 1. The number of anilines is 2. The molecule has 0 aliphatic carbocycles. The van der Waals surface area contributed by atoms with Gasteiger partial charge in [-0.25, -0.2) is 9.97 Å². The summed E-state index contributed by atoms with van der Waals surface area (Å²) in [5.74, 6) is 0.791. The lowest BCUT2D eigenvalue weighted by Gasteiger charge is -2.12. The standard InChI is InChI=1S/C17H19N5O3S/c1-8(7-23)20-17-21-14(10-4-11(25-3)6-19-5-10)12-13(18)15(9(2)24)26-16(12)22-17/h4-6,8,23H,7,18H2,1-3H3,(H,20,21,22)/t8-/m0/s1. The molecule has 1 atom stereocenters. The van der Waals surface area contributed by atoms with Crippen molar-refractivity contribution in [2.75, 3.05) is 24.8 Å². The molecule has 3 aromatic rings. The van der Waals surface area contributed by atoms with Crippen molar-refractivity contribution in [3.63, 3.8) is 0 Å². The second-order valence-electron chi connectivity index (χ2n) is 5.82. The minimum Gasteiger partial charge on any atom is -0.495 e. The molecule has 3 rings (SSSR count). The Hall–Kier alpha value is -2.78. The molecule has 8 nitrogen and oxygen atoms in total. The number of aromatic nitrogens is 3. The summed E-state index contributed by atoms with van der Waals surface area (Å²) in [6.45, 7) is 3.21. The number of aliphatic hydroxyl groups is 1. The third-order valence-electron chi connectivity index (χ3n) is 3.78. The quantitative estimate of drug-likeness (QED) is 0.563. The Kier molecular flexibility index (Phi) is 5.01. The van der Waals surface area contributed by atoms with Crippen molar-refractivity contribution in [2.24, 2.45) is 0 Å². The molecule has 0 saturated heterocycles. The number of nitrogen functional groups attached to an aromatic ring is 1. The van der Waals surface area contributed by atoms with Crippen LogP contribution in [-0.4, -0.2) is 45.6 Å². The van der Waals surface area contributed by atoms with E-state index in [1.807, 2.05) is 6.92 Å². The molecule has 0 fully saturated rings. The number of ether oxygens (including phenoxy) is 1. The second kappa shape index (κ2) is 7.22. The summed E-state index contributed by atoms with van der Waals surface area (Å²) in [5.41, 5.74) is 7.82. The van der Waals surface area contributed by atoms with Crippen LogP contribution in [-0.2, 0) is 0 Å². The van der Waals surface area contributed by atoms with E-state index in [4.69, 9.17) is 10.5 Å². The molecule has 0 unspecified atom stereocenters. The topological polar surface area (TPSA) is 123 Å². The highest BCUT2D eigenvalue weighted by Gasteiger charge is 2.21. The highest BCUT2D eigenvalue weighted by Crippen LogP contribution is 2.39. The smallest absolute Gasteiger partial charge is 0.224 e. The fourth-order valence-electron chi connectivity index (χ4n) is 2.48. The Morgan fingerprint density at radius 1 is 1.42 bits per heavy atom. The molecule has 3 heterocycles. The average molecular weight is 373 g/mol. The van der Waals surface area contributed by atoms with Crippen LogP contribution >= 0.6 is 11.3 Å². The maximum Gasteiger partial charge on any atom is 0.224 e. The molecule has 136 valence electrons. The third-order valence-corrected chi connectivity index (χ3v) is 4.98.